The number of carboxylic acids is 1. The topological polar surface area (TPSA) is 58.6 Å². The first-order valence-corrected chi connectivity index (χ1v) is 4.04. The highest BCUT2D eigenvalue weighted by Gasteiger charge is 2.39. The van der Waals surface area contributed by atoms with Gasteiger partial charge in [0.05, 0.1) is 11.7 Å². The molecular weight excluding hydrogens is 158 g/mol. The van der Waals surface area contributed by atoms with E-state index >= 15 is 0 Å². The Balaban J connectivity index is 2.40. The van der Waals surface area contributed by atoms with Crippen LogP contribution in [-0.4, -0.2) is 35.4 Å². The summed E-state index contributed by atoms with van der Waals surface area (Å²) in [6.07, 6.45) is -0.178. The van der Waals surface area contributed by atoms with Gasteiger partial charge in [-0.05, 0) is 20.8 Å². The third-order valence-corrected chi connectivity index (χ3v) is 1.68. The van der Waals surface area contributed by atoms with Gasteiger partial charge in [-0.25, -0.2) is 0 Å². The van der Waals surface area contributed by atoms with E-state index in [1.54, 1.807) is 0 Å². The van der Waals surface area contributed by atoms with E-state index in [9.17, 15) is 4.79 Å². The van der Waals surface area contributed by atoms with Gasteiger partial charge in [-0.1, -0.05) is 0 Å². The lowest BCUT2D eigenvalue weighted by Crippen LogP contribution is -2.63. The fraction of sp³-hybridized carbons (Fsp3) is 0.875. The fourth-order valence-electron chi connectivity index (χ4n) is 1.14. The second-order valence-electron chi connectivity index (χ2n) is 3.99. The summed E-state index contributed by atoms with van der Waals surface area (Å²) >= 11 is 0. The molecule has 0 spiro atoms. The summed E-state index contributed by atoms with van der Waals surface area (Å²) in [4.78, 5) is 10.5. The molecule has 1 fully saturated rings. The molecule has 0 aromatic rings. The first-order valence-electron chi connectivity index (χ1n) is 4.04. The normalized spacial score (nSPS) is 29.6. The van der Waals surface area contributed by atoms with Gasteiger partial charge in [0.1, 0.15) is 6.04 Å². The number of aliphatic carboxylic acids is 1. The molecule has 0 aromatic carbocycles. The van der Waals surface area contributed by atoms with Crippen LogP contribution >= 0.6 is 0 Å². The van der Waals surface area contributed by atoms with E-state index < -0.39 is 12.0 Å². The lowest BCUT2D eigenvalue weighted by atomic mass is 10.0. The van der Waals surface area contributed by atoms with Gasteiger partial charge < -0.3 is 9.84 Å². The van der Waals surface area contributed by atoms with Crippen molar-refractivity contribution in [3.63, 3.8) is 0 Å². The average molecular weight is 173 g/mol. The predicted molar refractivity (Wildman–Crippen MR) is 44.1 cm³/mol. The second-order valence-corrected chi connectivity index (χ2v) is 3.99. The molecule has 1 saturated heterocycles. The molecule has 0 amide bonds. The molecule has 2 N–H and O–H groups in total. The summed E-state index contributed by atoms with van der Waals surface area (Å²) in [5.74, 6) is -0.837. The quantitative estimate of drug-likeness (QED) is 0.627. The molecule has 0 radical (unpaired) electrons. The summed E-state index contributed by atoms with van der Waals surface area (Å²) in [5.41, 5.74) is -0.263. The van der Waals surface area contributed by atoms with Crippen molar-refractivity contribution in [2.45, 2.75) is 38.5 Å². The van der Waals surface area contributed by atoms with E-state index in [2.05, 4.69) is 5.32 Å². The molecule has 0 saturated carbocycles. The molecule has 4 heteroatoms. The molecule has 0 aromatic heterocycles. The van der Waals surface area contributed by atoms with Crippen LogP contribution < -0.4 is 5.32 Å². The van der Waals surface area contributed by atoms with Gasteiger partial charge >= 0.3 is 5.97 Å². The first kappa shape index (κ1) is 9.48. The van der Waals surface area contributed by atoms with Crippen LogP contribution in [0.15, 0.2) is 0 Å². The summed E-state index contributed by atoms with van der Waals surface area (Å²) in [7, 11) is 0. The molecule has 1 aliphatic rings. The molecule has 0 aliphatic carbocycles. The summed E-state index contributed by atoms with van der Waals surface area (Å²) < 4.78 is 5.50. The number of ether oxygens (including phenoxy) is 1. The maximum atomic E-state index is 10.5. The van der Waals surface area contributed by atoms with Crippen molar-refractivity contribution in [1.29, 1.82) is 0 Å². The molecule has 12 heavy (non-hydrogen) atoms. The van der Waals surface area contributed by atoms with Crippen LogP contribution in [0.3, 0.4) is 0 Å². The zero-order chi connectivity index (χ0) is 9.35. The Hall–Kier alpha value is -0.610. The van der Waals surface area contributed by atoms with Gasteiger partial charge in [-0.2, -0.15) is 0 Å². The Morgan fingerprint density at radius 1 is 1.58 bits per heavy atom. The van der Waals surface area contributed by atoms with Gasteiger partial charge in [0, 0.05) is 6.54 Å². The maximum Gasteiger partial charge on any atom is 0.323 e. The Bertz CT molecular complexity index is 185. The highest BCUT2D eigenvalue weighted by atomic mass is 16.5. The average Bonchev–Trinajstić information content (AvgIpc) is 1.77. The molecule has 1 rings (SSSR count). The van der Waals surface area contributed by atoms with E-state index in [1.165, 1.54) is 0 Å². The van der Waals surface area contributed by atoms with E-state index in [0.29, 0.717) is 6.54 Å². The minimum Gasteiger partial charge on any atom is -0.480 e. The molecule has 0 bridgehead atoms. The molecular formula is C8H15NO3. The number of hydrogen-bond donors (Lipinski definition) is 2. The number of hydrogen-bond acceptors (Lipinski definition) is 3. The van der Waals surface area contributed by atoms with E-state index in [-0.39, 0.29) is 11.7 Å². The largest absolute Gasteiger partial charge is 0.480 e. The summed E-state index contributed by atoms with van der Waals surface area (Å²) in [6.45, 7) is 6.40. The maximum absolute atomic E-state index is 10.5. The van der Waals surface area contributed by atoms with Crippen LogP contribution in [0.1, 0.15) is 20.8 Å². The summed E-state index contributed by atoms with van der Waals surface area (Å²) in [6, 6.07) is -0.524. The molecule has 1 heterocycles. The smallest absolute Gasteiger partial charge is 0.323 e. The van der Waals surface area contributed by atoms with Crippen molar-refractivity contribution in [3.05, 3.63) is 0 Å². The van der Waals surface area contributed by atoms with Crippen molar-refractivity contribution >= 4 is 5.97 Å². The van der Waals surface area contributed by atoms with Crippen LogP contribution in [0.2, 0.25) is 0 Å². The zero-order valence-corrected chi connectivity index (χ0v) is 7.63. The number of carboxylic acid groups (broad SMARTS) is 1. The standard InChI is InChI=1S/C8H15NO3/c1-8(2,3)12-5-4-9-6(5)7(10)11/h5-6,9H,4H2,1-3H3,(H,10,11)/t5-,6+/m1/s1. The molecule has 4 nitrogen and oxygen atoms in total. The Kier molecular flexibility index (Phi) is 2.39. The monoisotopic (exact) mass is 173 g/mol. The number of rotatable bonds is 2. The van der Waals surface area contributed by atoms with E-state index in [1.807, 2.05) is 20.8 Å². The zero-order valence-electron chi connectivity index (χ0n) is 7.63. The molecule has 70 valence electrons. The van der Waals surface area contributed by atoms with Crippen molar-refractivity contribution in [2.75, 3.05) is 6.54 Å². The van der Waals surface area contributed by atoms with E-state index in [0.717, 1.165) is 0 Å². The minimum absolute atomic E-state index is 0.178. The Morgan fingerprint density at radius 2 is 2.17 bits per heavy atom. The highest BCUT2D eigenvalue weighted by molar-refractivity contribution is 5.75. The predicted octanol–water partition coefficient (Wildman–Crippen LogP) is 0.226. The van der Waals surface area contributed by atoms with Crippen LogP contribution in [0.5, 0.6) is 0 Å². The third kappa shape index (κ3) is 2.19. The van der Waals surface area contributed by atoms with Gasteiger partial charge in [0.15, 0.2) is 0 Å². The summed E-state index contributed by atoms with van der Waals surface area (Å²) in [5, 5.41) is 11.5. The van der Waals surface area contributed by atoms with Gasteiger partial charge in [-0.15, -0.1) is 0 Å². The SMILES string of the molecule is CC(C)(C)O[C@@H]1CN[C@@H]1C(=O)O. The van der Waals surface area contributed by atoms with Crippen LogP contribution in [0, 0.1) is 0 Å². The fourth-order valence-corrected chi connectivity index (χ4v) is 1.14. The lowest BCUT2D eigenvalue weighted by molar-refractivity contribution is -0.157. The van der Waals surface area contributed by atoms with E-state index in [4.69, 9.17) is 9.84 Å². The van der Waals surface area contributed by atoms with Gasteiger partial charge in [0.25, 0.3) is 0 Å². The van der Waals surface area contributed by atoms with Crippen molar-refractivity contribution < 1.29 is 14.6 Å². The Labute approximate surface area is 71.9 Å². The third-order valence-electron chi connectivity index (χ3n) is 1.68. The van der Waals surface area contributed by atoms with Crippen LogP contribution in [0.25, 0.3) is 0 Å². The number of nitrogens with one attached hydrogen (secondary N) is 1. The molecule has 1 aliphatic heterocycles. The number of carbonyl (C=O) groups is 1. The highest BCUT2D eigenvalue weighted by Crippen LogP contribution is 2.17. The molecule has 2 atom stereocenters. The lowest BCUT2D eigenvalue weighted by Gasteiger charge is -2.38. The van der Waals surface area contributed by atoms with Gasteiger partial charge in [-0.3, -0.25) is 10.1 Å². The van der Waals surface area contributed by atoms with Crippen LogP contribution in [0.4, 0.5) is 0 Å². The van der Waals surface area contributed by atoms with Crippen LogP contribution in [-0.2, 0) is 9.53 Å². The van der Waals surface area contributed by atoms with Crippen molar-refractivity contribution in [1.82, 2.24) is 5.32 Å². The second kappa shape index (κ2) is 3.03. The minimum atomic E-state index is -0.837. The van der Waals surface area contributed by atoms with Crippen molar-refractivity contribution in [3.8, 4) is 0 Å². The Morgan fingerprint density at radius 3 is 2.42 bits per heavy atom. The first-order chi connectivity index (χ1) is 5.40. The van der Waals surface area contributed by atoms with Crippen molar-refractivity contribution in [2.24, 2.45) is 0 Å². The molecule has 0 unspecified atom stereocenters. The van der Waals surface area contributed by atoms with Gasteiger partial charge in [0.2, 0.25) is 0 Å².